The molecule has 0 saturated heterocycles. The smallest absolute Gasteiger partial charge is 0.229 e. The number of allylic oxidation sites excluding steroid dienone is 1. The third kappa shape index (κ3) is 2.08. The van der Waals surface area contributed by atoms with E-state index < -0.39 is 0 Å². The molecule has 73 valence electrons. The monoisotopic (exact) mass is 189 g/mol. The number of hydrogen-bond acceptors (Lipinski definition) is 2. The Labute approximate surface area is 84.2 Å². The molecular formula is C12H13O2. The molecule has 0 saturated carbocycles. The van der Waals surface area contributed by atoms with Gasteiger partial charge < -0.3 is 9.47 Å². The zero-order chi connectivity index (χ0) is 9.80. The van der Waals surface area contributed by atoms with Crippen LogP contribution in [0.3, 0.4) is 0 Å². The average Bonchev–Trinajstić information content (AvgIpc) is 2.72. The molecule has 1 heterocycles. The second kappa shape index (κ2) is 4.18. The third-order valence-electron chi connectivity index (χ3n) is 2.22. The molecule has 0 spiro atoms. The molecule has 1 aromatic rings. The van der Waals surface area contributed by atoms with Gasteiger partial charge in [0.25, 0.3) is 0 Å². The Hall–Kier alpha value is -1.44. The molecule has 0 bridgehead atoms. The van der Waals surface area contributed by atoms with E-state index in [0.717, 1.165) is 12.2 Å². The lowest BCUT2D eigenvalue weighted by molar-refractivity contribution is 0.0733. The predicted octanol–water partition coefficient (Wildman–Crippen LogP) is 2.53. The van der Waals surface area contributed by atoms with Crippen LogP contribution in [0, 0.1) is 12.8 Å². The number of benzene rings is 1. The summed E-state index contributed by atoms with van der Waals surface area (Å²) < 4.78 is 10.3. The SMILES string of the molecule is [CH2]C(Cc1ccccc1)C1=COCO1. The molecule has 1 aliphatic heterocycles. The lowest BCUT2D eigenvalue weighted by atomic mass is 10.00. The zero-order valence-corrected chi connectivity index (χ0v) is 7.98. The van der Waals surface area contributed by atoms with E-state index in [4.69, 9.17) is 9.47 Å². The summed E-state index contributed by atoms with van der Waals surface area (Å²) in [7, 11) is 0. The van der Waals surface area contributed by atoms with E-state index >= 15 is 0 Å². The number of ether oxygens (including phenoxy) is 2. The van der Waals surface area contributed by atoms with Crippen LogP contribution in [0.1, 0.15) is 5.56 Å². The third-order valence-corrected chi connectivity index (χ3v) is 2.22. The Balaban J connectivity index is 1.97. The largest absolute Gasteiger partial charge is 0.462 e. The highest BCUT2D eigenvalue weighted by molar-refractivity contribution is 5.17. The van der Waals surface area contributed by atoms with Gasteiger partial charge in [0.1, 0.15) is 12.0 Å². The van der Waals surface area contributed by atoms with E-state index in [0.29, 0.717) is 6.79 Å². The molecule has 0 fully saturated rings. The van der Waals surface area contributed by atoms with Crippen molar-refractivity contribution < 1.29 is 9.47 Å². The van der Waals surface area contributed by atoms with E-state index in [2.05, 4.69) is 19.1 Å². The second-order valence-electron chi connectivity index (χ2n) is 3.34. The zero-order valence-electron chi connectivity index (χ0n) is 7.98. The predicted molar refractivity (Wildman–Crippen MR) is 54.1 cm³/mol. The minimum atomic E-state index is 0.139. The van der Waals surface area contributed by atoms with Gasteiger partial charge in [-0.3, -0.25) is 0 Å². The van der Waals surface area contributed by atoms with Crippen molar-refractivity contribution in [3.8, 4) is 0 Å². The van der Waals surface area contributed by atoms with Gasteiger partial charge in [0.05, 0.1) is 0 Å². The van der Waals surface area contributed by atoms with Crippen molar-refractivity contribution in [3.63, 3.8) is 0 Å². The lowest BCUT2D eigenvalue weighted by Crippen LogP contribution is -2.04. The summed E-state index contributed by atoms with van der Waals surface area (Å²) in [5, 5.41) is 0. The minimum Gasteiger partial charge on any atom is -0.462 e. The first-order chi connectivity index (χ1) is 6.86. The Bertz CT molecular complexity index is 316. The fourth-order valence-electron chi connectivity index (χ4n) is 1.47. The minimum absolute atomic E-state index is 0.139. The van der Waals surface area contributed by atoms with Crippen LogP contribution >= 0.6 is 0 Å². The molecule has 1 unspecified atom stereocenters. The van der Waals surface area contributed by atoms with Crippen molar-refractivity contribution in [1.29, 1.82) is 0 Å². The van der Waals surface area contributed by atoms with Crippen LogP contribution in [0.4, 0.5) is 0 Å². The lowest BCUT2D eigenvalue weighted by Gasteiger charge is -2.10. The van der Waals surface area contributed by atoms with Crippen LogP contribution in [0.15, 0.2) is 42.4 Å². The summed E-state index contributed by atoms with van der Waals surface area (Å²) >= 11 is 0. The van der Waals surface area contributed by atoms with Gasteiger partial charge in [0.15, 0.2) is 0 Å². The fourth-order valence-corrected chi connectivity index (χ4v) is 1.47. The normalized spacial score (nSPS) is 16.8. The first-order valence-electron chi connectivity index (χ1n) is 4.68. The first kappa shape index (κ1) is 9.13. The van der Waals surface area contributed by atoms with Gasteiger partial charge in [-0.25, -0.2) is 0 Å². The Kier molecular flexibility index (Phi) is 2.73. The van der Waals surface area contributed by atoms with Crippen molar-refractivity contribution >= 4 is 0 Å². The van der Waals surface area contributed by atoms with Crippen molar-refractivity contribution in [1.82, 2.24) is 0 Å². The number of hydrogen-bond donors (Lipinski definition) is 0. The Morgan fingerprint density at radius 1 is 1.29 bits per heavy atom. The molecule has 2 nitrogen and oxygen atoms in total. The van der Waals surface area contributed by atoms with E-state index in [-0.39, 0.29) is 5.92 Å². The molecule has 1 radical (unpaired) electrons. The van der Waals surface area contributed by atoms with Gasteiger partial charge in [-0.1, -0.05) is 30.3 Å². The van der Waals surface area contributed by atoms with Crippen molar-refractivity contribution in [3.05, 3.63) is 54.8 Å². The van der Waals surface area contributed by atoms with Crippen molar-refractivity contribution in [2.24, 2.45) is 5.92 Å². The van der Waals surface area contributed by atoms with Crippen LogP contribution in [0.25, 0.3) is 0 Å². The Morgan fingerprint density at radius 2 is 2.07 bits per heavy atom. The van der Waals surface area contributed by atoms with Gasteiger partial charge >= 0.3 is 0 Å². The van der Waals surface area contributed by atoms with Crippen LogP contribution in [-0.4, -0.2) is 6.79 Å². The summed E-state index contributed by atoms with van der Waals surface area (Å²) in [5.74, 6) is 0.980. The van der Waals surface area contributed by atoms with E-state index in [1.807, 2.05) is 18.2 Å². The van der Waals surface area contributed by atoms with Crippen molar-refractivity contribution in [2.45, 2.75) is 6.42 Å². The highest BCUT2D eigenvalue weighted by atomic mass is 16.7. The fraction of sp³-hybridized carbons (Fsp3) is 0.250. The summed E-state index contributed by atoms with van der Waals surface area (Å²) in [6.45, 7) is 4.37. The quantitative estimate of drug-likeness (QED) is 0.727. The topological polar surface area (TPSA) is 18.5 Å². The highest BCUT2D eigenvalue weighted by Crippen LogP contribution is 2.20. The standard InChI is InChI=1S/C12H13O2/c1-10(12-8-13-9-14-12)7-11-5-3-2-4-6-11/h2-6,8,10H,1,7,9H2. The molecule has 0 aliphatic carbocycles. The average molecular weight is 189 g/mol. The molecule has 2 rings (SSSR count). The van der Waals surface area contributed by atoms with Gasteiger partial charge in [0.2, 0.25) is 6.79 Å². The molecule has 0 N–H and O–H groups in total. The maximum Gasteiger partial charge on any atom is 0.229 e. The maximum absolute atomic E-state index is 5.26. The first-order valence-corrected chi connectivity index (χ1v) is 4.68. The van der Waals surface area contributed by atoms with E-state index in [9.17, 15) is 0 Å². The van der Waals surface area contributed by atoms with Crippen molar-refractivity contribution in [2.75, 3.05) is 6.79 Å². The van der Waals surface area contributed by atoms with Crippen LogP contribution in [0.5, 0.6) is 0 Å². The summed E-state index contributed by atoms with van der Waals surface area (Å²) in [5.41, 5.74) is 1.27. The Morgan fingerprint density at radius 3 is 2.71 bits per heavy atom. The second-order valence-corrected chi connectivity index (χ2v) is 3.34. The van der Waals surface area contributed by atoms with Gasteiger partial charge in [-0.15, -0.1) is 0 Å². The van der Waals surface area contributed by atoms with Gasteiger partial charge in [-0.2, -0.15) is 0 Å². The number of rotatable bonds is 3. The molecule has 1 aromatic carbocycles. The van der Waals surface area contributed by atoms with Crippen LogP contribution in [0.2, 0.25) is 0 Å². The summed E-state index contributed by atoms with van der Waals surface area (Å²) in [6.07, 6.45) is 2.54. The molecule has 2 heteroatoms. The van der Waals surface area contributed by atoms with Crippen LogP contribution in [-0.2, 0) is 15.9 Å². The molecule has 1 aliphatic rings. The van der Waals surface area contributed by atoms with E-state index in [1.54, 1.807) is 6.26 Å². The molecular weight excluding hydrogens is 176 g/mol. The summed E-state index contributed by atoms with van der Waals surface area (Å²) in [4.78, 5) is 0. The van der Waals surface area contributed by atoms with Crippen LogP contribution < -0.4 is 0 Å². The molecule has 1 atom stereocenters. The summed E-state index contributed by atoms with van der Waals surface area (Å²) in [6, 6.07) is 10.3. The van der Waals surface area contributed by atoms with Gasteiger partial charge in [0, 0.05) is 5.92 Å². The van der Waals surface area contributed by atoms with E-state index in [1.165, 1.54) is 5.56 Å². The molecule has 14 heavy (non-hydrogen) atoms. The molecule has 0 amide bonds. The highest BCUT2D eigenvalue weighted by Gasteiger charge is 2.15. The molecule has 0 aromatic heterocycles. The van der Waals surface area contributed by atoms with Gasteiger partial charge in [-0.05, 0) is 18.9 Å². The maximum atomic E-state index is 5.26.